The number of hydrogen-bond donors (Lipinski definition) is 2. The minimum absolute atomic E-state index is 0.108. The Balaban J connectivity index is 1.12. The fourth-order valence-corrected chi connectivity index (χ4v) is 7.42. The molecule has 3 aromatic carbocycles. The van der Waals surface area contributed by atoms with Crippen LogP contribution in [0.25, 0.3) is 10.2 Å². The van der Waals surface area contributed by atoms with Crippen molar-refractivity contribution in [1.29, 1.82) is 0 Å². The van der Waals surface area contributed by atoms with Crippen LogP contribution in [-0.2, 0) is 6.61 Å². The number of amides is 3. The molecule has 0 bridgehead atoms. The number of rotatable bonds is 11. The van der Waals surface area contributed by atoms with Crippen LogP contribution in [0.15, 0.2) is 60.9 Å². The van der Waals surface area contributed by atoms with E-state index >= 15 is 0 Å². The number of benzene rings is 3. The Hall–Kier alpha value is -4.98. The van der Waals surface area contributed by atoms with Gasteiger partial charge in [-0.05, 0) is 74.3 Å². The molecule has 2 aromatic heterocycles. The molecular formula is C36H34ClFN6O5S. The summed E-state index contributed by atoms with van der Waals surface area (Å²) in [6.45, 7) is 5.48. The Morgan fingerprint density at radius 2 is 1.88 bits per heavy atom. The monoisotopic (exact) mass is 716 g/mol. The van der Waals surface area contributed by atoms with E-state index in [-0.39, 0.29) is 28.1 Å². The van der Waals surface area contributed by atoms with Crippen LogP contribution in [0, 0.1) is 12.7 Å². The summed E-state index contributed by atoms with van der Waals surface area (Å²) in [5.74, 6) is 0.993. The molecule has 0 spiro atoms. The zero-order valence-corrected chi connectivity index (χ0v) is 29.0. The van der Waals surface area contributed by atoms with E-state index in [1.54, 1.807) is 49.6 Å². The summed E-state index contributed by atoms with van der Waals surface area (Å²) in [5, 5.41) is 6.55. The summed E-state index contributed by atoms with van der Waals surface area (Å²) in [4.78, 5) is 40.8. The number of ether oxygens (including phenoxy) is 3. The predicted octanol–water partition coefficient (Wildman–Crippen LogP) is 8.18. The number of carbonyl (C=O) groups excluding carboxylic acids is 2. The summed E-state index contributed by atoms with van der Waals surface area (Å²) in [6, 6.07) is 14.1. The van der Waals surface area contributed by atoms with Crippen LogP contribution in [0.2, 0.25) is 5.02 Å². The van der Waals surface area contributed by atoms with Gasteiger partial charge in [-0.1, -0.05) is 30.2 Å². The lowest BCUT2D eigenvalue weighted by atomic mass is 10.1. The highest BCUT2D eigenvalue weighted by atomic mass is 35.5. The van der Waals surface area contributed by atoms with E-state index in [2.05, 4.69) is 25.5 Å². The van der Waals surface area contributed by atoms with Gasteiger partial charge in [0.25, 0.3) is 5.91 Å². The Bertz CT molecular complexity index is 2090. The summed E-state index contributed by atoms with van der Waals surface area (Å²) in [6.07, 6.45) is 5.05. The maximum absolute atomic E-state index is 13.8. The Labute approximate surface area is 296 Å². The van der Waals surface area contributed by atoms with Crippen molar-refractivity contribution in [3.8, 4) is 17.2 Å². The molecule has 0 unspecified atom stereocenters. The quantitative estimate of drug-likeness (QED) is 0.141. The Morgan fingerprint density at radius 1 is 1.04 bits per heavy atom. The van der Waals surface area contributed by atoms with Crippen molar-refractivity contribution in [3.05, 3.63) is 87.8 Å². The van der Waals surface area contributed by atoms with Gasteiger partial charge in [0.2, 0.25) is 0 Å². The van der Waals surface area contributed by atoms with Gasteiger partial charge < -0.3 is 24.8 Å². The number of urea groups is 1. The number of carbonyl (C=O) groups is 2. The van der Waals surface area contributed by atoms with Crippen molar-refractivity contribution in [2.45, 2.75) is 32.8 Å². The van der Waals surface area contributed by atoms with E-state index in [9.17, 15) is 14.0 Å². The number of aryl methyl sites for hydroxylation is 1. The lowest BCUT2D eigenvalue weighted by Gasteiger charge is -2.28. The normalized spacial score (nSPS) is 14.4. The van der Waals surface area contributed by atoms with Crippen LogP contribution < -0.4 is 29.7 Å². The number of hydrogen-bond acceptors (Lipinski definition) is 9. The SMILES string of the molecule is COc1cc(NC(=O)c2sc3ncnc4c3c2NC(=O)N4c2cc(OCc3cccc(F)c3)c(C)cc2Cl)ccc1OCCN1CCCCC1. The zero-order valence-electron chi connectivity index (χ0n) is 27.4. The van der Waals surface area contributed by atoms with Gasteiger partial charge in [0, 0.05) is 24.4 Å². The molecule has 3 amide bonds. The van der Waals surface area contributed by atoms with Crippen molar-refractivity contribution in [2.24, 2.45) is 0 Å². The van der Waals surface area contributed by atoms with Crippen molar-refractivity contribution in [2.75, 3.05) is 48.9 Å². The number of aromatic nitrogens is 2. The minimum Gasteiger partial charge on any atom is -0.493 e. The van der Waals surface area contributed by atoms with Gasteiger partial charge in [-0.2, -0.15) is 0 Å². The molecule has 2 N–H and O–H groups in total. The fourth-order valence-electron chi connectivity index (χ4n) is 6.13. The first kappa shape index (κ1) is 33.5. The van der Waals surface area contributed by atoms with Gasteiger partial charge in [0.15, 0.2) is 17.3 Å². The summed E-state index contributed by atoms with van der Waals surface area (Å²) in [5.41, 5.74) is 2.48. The molecule has 2 aliphatic rings. The molecule has 0 radical (unpaired) electrons. The van der Waals surface area contributed by atoms with Crippen LogP contribution in [0.1, 0.15) is 40.1 Å². The Kier molecular flexibility index (Phi) is 9.70. The van der Waals surface area contributed by atoms with E-state index in [1.807, 2.05) is 6.92 Å². The molecule has 1 saturated heterocycles. The number of anilines is 4. The predicted molar refractivity (Wildman–Crippen MR) is 192 cm³/mol. The third kappa shape index (κ3) is 6.89. The third-order valence-electron chi connectivity index (χ3n) is 8.63. The van der Waals surface area contributed by atoms with Gasteiger partial charge in [0.05, 0.1) is 28.9 Å². The average molecular weight is 717 g/mol. The second kappa shape index (κ2) is 14.5. The summed E-state index contributed by atoms with van der Waals surface area (Å²) >= 11 is 7.82. The molecule has 11 nitrogen and oxygen atoms in total. The molecule has 5 aromatic rings. The van der Waals surface area contributed by atoms with Gasteiger partial charge in [-0.3, -0.25) is 9.69 Å². The van der Waals surface area contributed by atoms with Crippen LogP contribution in [0.5, 0.6) is 17.2 Å². The second-order valence-corrected chi connectivity index (χ2v) is 13.4. The largest absolute Gasteiger partial charge is 0.493 e. The van der Waals surface area contributed by atoms with E-state index < -0.39 is 11.9 Å². The molecule has 0 atom stereocenters. The summed E-state index contributed by atoms with van der Waals surface area (Å²) in [7, 11) is 1.55. The van der Waals surface area contributed by atoms with E-state index in [0.29, 0.717) is 56.7 Å². The average Bonchev–Trinajstić information content (AvgIpc) is 3.49. The number of halogens is 2. The molecule has 2 aliphatic heterocycles. The number of thiophene rings is 1. The van der Waals surface area contributed by atoms with E-state index in [0.717, 1.165) is 36.5 Å². The topological polar surface area (TPSA) is 118 Å². The minimum atomic E-state index is -0.570. The van der Waals surface area contributed by atoms with Crippen molar-refractivity contribution in [1.82, 2.24) is 14.9 Å². The first-order valence-electron chi connectivity index (χ1n) is 16.2. The van der Waals surface area contributed by atoms with Gasteiger partial charge in [0.1, 0.15) is 40.8 Å². The molecule has 0 aliphatic carbocycles. The lowest BCUT2D eigenvalue weighted by Crippen LogP contribution is -2.35. The highest BCUT2D eigenvalue weighted by molar-refractivity contribution is 7.21. The number of piperidine rings is 1. The zero-order chi connectivity index (χ0) is 34.8. The molecule has 258 valence electrons. The molecule has 50 heavy (non-hydrogen) atoms. The van der Waals surface area contributed by atoms with Crippen LogP contribution >= 0.6 is 22.9 Å². The first-order valence-corrected chi connectivity index (χ1v) is 17.4. The molecule has 0 saturated carbocycles. The number of likely N-dealkylation sites (tertiary alicyclic amines) is 1. The van der Waals surface area contributed by atoms with Gasteiger partial charge in [-0.15, -0.1) is 11.3 Å². The molecule has 4 heterocycles. The second-order valence-electron chi connectivity index (χ2n) is 12.0. The van der Waals surface area contributed by atoms with Gasteiger partial charge in [-0.25, -0.2) is 24.1 Å². The summed E-state index contributed by atoms with van der Waals surface area (Å²) < 4.78 is 31.3. The standard InChI is InChI=1S/C36H34ClFN6O5S/c1-21-15-25(37)26(18-28(21)49-19-22-7-6-8-23(38)16-22)44-33-30-31(42-36(44)46)32(50-35(30)40-20-39-33)34(45)41-24-9-10-27(29(17-24)47-2)48-14-13-43-11-4-3-5-12-43/h6-10,15-18,20H,3-5,11-14,19H2,1-2H3,(H,41,45)(H,42,46). The maximum Gasteiger partial charge on any atom is 0.332 e. The Morgan fingerprint density at radius 3 is 2.68 bits per heavy atom. The van der Waals surface area contributed by atoms with Crippen LogP contribution in [-0.4, -0.2) is 60.2 Å². The highest BCUT2D eigenvalue weighted by Gasteiger charge is 2.35. The lowest BCUT2D eigenvalue weighted by molar-refractivity contribution is 0.103. The first-order chi connectivity index (χ1) is 24.3. The van der Waals surface area contributed by atoms with Crippen molar-refractivity contribution < 1.29 is 28.2 Å². The fraction of sp³-hybridized carbons (Fsp3) is 0.278. The van der Waals surface area contributed by atoms with Crippen molar-refractivity contribution in [3.63, 3.8) is 0 Å². The van der Waals surface area contributed by atoms with E-state index in [4.69, 9.17) is 25.8 Å². The molecule has 7 rings (SSSR count). The number of nitrogens with one attached hydrogen (secondary N) is 2. The van der Waals surface area contributed by atoms with Crippen molar-refractivity contribution >= 4 is 68.0 Å². The highest BCUT2D eigenvalue weighted by Crippen LogP contribution is 2.47. The number of nitrogens with zero attached hydrogens (tertiary/aromatic N) is 4. The smallest absolute Gasteiger partial charge is 0.332 e. The molecular weight excluding hydrogens is 683 g/mol. The molecule has 1 fully saturated rings. The van der Waals surface area contributed by atoms with E-state index in [1.165, 1.54) is 42.6 Å². The number of methoxy groups -OCH3 is 1. The maximum atomic E-state index is 13.8. The van der Waals surface area contributed by atoms with Gasteiger partial charge >= 0.3 is 6.03 Å². The molecule has 14 heteroatoms. The third-order valence-corrected chi connectivity index (χ3v) is 10.0. The van der Waals surface area contributed by atoms with Crippen LogP contribution in [0.3, 0.4) is 0 Å². The van der Waals surface area contributed by atoms with Crippen LogP contribution in [0.4, 0.5) is 32.1 Å².